The summed E-state index contributed by atoms with van der Waals surface area (Å²) in [6.45, 7) is 34.8. The molecular formula is C85H102O12Si8. The molecule has 0 aliphatic heterocycles. The molecule has 0 saturated carbocycles. The Bertz CT molecular complexity index is 4400. The molecule has 0 heterocycles. The van der Waals surface area contributed by atoms with Gasteiger partial charge < -0.3 is 43.6 Å². The van der Waals surface area contributed by atoms with Crippen molar-refractivity contribution < 1.29 is 53.2 Å². The van der Waals surface area contributed by atoms with Gasteiger partial charge in [-0.05, 0) is 244 Å². The van der Waals surface area contributed by atoms with Crippen LogP contribution < -0.4 is 39.7 Å². The van der Waals surface area contributed by atoms with E-state index in [2.05, 4.69) is 249 Å². The molecule has 0 radical (unpaired) electrons. The molecule has 10 aromatic carbocycles. The van der Waals surface area contributed by atoms with Crippen molar-refractivity contribution in [3.8, 4) is 34.1 Å². The van der Waals surface area contributed by atoms with Gasteiger partial charge in [-0.3, -0.25) is 0 Å². The number of rotatable bonds is 30. The fourth-order valence-corrected chi connectivity index (χ4v) is 51.5. The van der Waals surface area contributed by atoms with E-state index in [4.69, 9.17) is 43.6 Å². The molecule has 1 aliphatic carbocycles. The summed E-state index contributed by atoms with van der Waals surface area (Å²) in [5, 5.41) is 4.47. The first kappa shape index (κ1) is 78.3. The van der Waals surface area contributed by atoms with Gasteiger partial charge in [0.2, 0.25) is 8.32 Å². The smallest absolute Gasteiger partial charge is 0.437 e. The molecule has 1 aliphatic rings. The molecule has 20 heteroatoms. The summed E-state index contributed by atoms with van der Waals surface area (Å²) in [6, 6.07) is 87.7. The maximum Gasteiger partial charge on any atom is 0.519 e. The molecule has 0 aromatic heterocycles. The molecule has 0 fully saturated rings. The highest BCUT2D eigenvalue weighted by Gasteiger charge is 2.54. The van der Waals surface area contributed by atoms with Crippen molar-refractivity contribution in [1.82, 2.24) is 0 Å². The molecule has 12 nitrogen and oxygen atoms in total. The number of hydrogen-bond acceptors (Lipinski definition) is 12. The van der Waals surface area contributed by atoms with E-state index in [1.165, 1.54) is 10.4 Å². The first-order valence-electron chi connectivity index (χ1n) is 36.6. The second kappa shape index (κ2) is 32.4. The fourth-order valence-electron chi connectivity index (χ4n) is 15.1. The van der Waals surface area contributed by atoms with Crippen LogP contribution in [0.1, 0.15) is 57.3 Å². The summed E-state index contributed by atoms with van der Waals surface area (Å²) in [6.07, 6.45) is 0.956. The first-order chi connectivity index (χ1) is 49.8. The Morgan fingerprint density at radius 3 is 1.06 bits per heavy atom. The van der Waals surface area contributed by atoms with Crippen LogP contribution >= 0.6 is 0 Å². The van der Waals surface area contributed by atoms with Gasteiger partial charge in [0.05, 0.1) is 5.41 Å². The van der Waals surface area contributed by atoms with Gasteiger partial charge in [0.15, 0.2) is 25.0 Å². The summed E-state index contributed by atoms with van der Waals surface area (Å²) in [7, 11) is -21.2. The topological polar surface area (TPSA) is 126 Å². The van der Waals surface area contributed by atoms with Crippen LogP contribution in [-0.4, -0.2) is 79.8 Å². The third-order valence-electron chi connectivity index (χ3n) is 18.8. The second-order valence-corrected chi connectivity index (χ2v) is 62.9. The third-order valence-corrected chi connectivity index (χ3v) is 48.5. The van der Waals surface area contributed by atoms with E-state index in [1.54, 1.807) is 0 Å². The van der Waals surface area contributed by atoms with E-state index >= 15 is 0 Å². The minimum absolute atomic E-state index is 0.368. The lowest BCUT2D eigenvalue weighted by Crippen LogP contribution is -2.71. The summed E-state index contributed by atoms with van der Waals surface area (Å²) >= 11 is 0. The van der Waals surface area contributed by atoms with Crippen molar-refractivity contribution in [2.75, 3.05) is 0 Å². The summed E-state index contributed by atoms with van der Waals surface area (Å²) < 4.78 is 68.8. The van der Waals surface area contributed by atoms with E-state index in [1.807, 2.05) is 111 Å². The molecule has 2 atom stereocenters. The molecule has 10 aromatic rings. The Hall–Kier alpha value is -7.76. The Kier molecular flexibility index (Phi) is 24.1. The molecule has 0 N–H and O–H groups in total. The number of ether oxygens (including phenoxy) is 4. The quantitative estimate of drug-likeness (QED) is 0.0242. The van der Waals surface area contributed by atoms with Crippen molar-refractivity contribution in [2.24, 2.45) is 0 Å². The molecule has 11 rings (SSSR count). The number of benzene rings is 10. The lowest BCUT2D eigenvalue weighted by molar-refractivity contribution is 0.150. The maximum absolute atomic E-state index is 14.2. The molecule has 0 spiro atoms. The maximum atomic E-state index is 14.2. The molecule has 546 valence electrons. The highest BCUT2D eigenvalue weighted by atomic mass is 28.5. The zero-order valence-electron chi connectivity index (χ0n) is 63.9. The molecule has 0 saturated heterocycles. The zero-order chi connectivity index (χ0) is 75.1. The number of fused-ring (bicyclic) bond motifs is 3. The van der Waals surface area contributed by atoms with Gasteiger partial charge in [-0.2, -0.15) is 0 Å². The summed E-state index contributed by atoms with van der Waals surface area (Å²) in [4.78, 5) is 28.3. The summed E-state index contributed by atoms with van der Waals surface area (Å²) in [5.41, 5.74) is 8.68. The van der Waals surface area contributed by atoms with Crippen LogP contribution in [0.5, 0.6) is 23.0 Å². The van der Waals surface area contributed by atoms with E-state index < -0.39 is 85.2 Å². The van der Waals surface area contributed by atoms with Crippen molar-refractivity contribution >= 4 is 101 Å². The second-order valence-electron chi connectivity index (χ2n) is 31.4. The number of hydrogen-bond donors (Lipinski definition) is 0. The molecule has 0 bridgehead atoms. The highest BCUT2D eigenvalue weighted by molar-refractivity contribution is 7.03. The Morgan fingerprint density at radius 1 is 0.324 bits per heavy atom. The van der Waals surface area contributed by atoms with Gasteiger partial charge in [-0.15, -0.1) is 0 Å². The van der Waals surface area contributed by atoms with E-state index in [0.717, 1.165) is 66.0 Å². The largest absolute Gasteiger partial charge is 0.519 e. The van der Waals surface area contributed by atoms with Crippen molar-refractivity contribution in [2.45, 2.75) is 149 Å². The number of carbonyl (C=O) groups excluding carboxylic acids is 2. The van der Waals surface area contributed by atoms with Crippen LogP contribution in [0.25, 0.3) is 11.1 Å². The van der Waals surface area contributed by atoms with Crippen LogP contribution in [0, 0.1) is 13.8 Å². The number of aryl methyl sites for hydroxylation is 4. The van der Waals surface area contributed by atoms with Crippen LogP contribution in [0.3, 0.4) is 0 Å². The SMILES string of the molecule is Cc1cc(C2(c3ccc(OC(=O)Oc4ccccc4CCC[Si](C)(O[Si](C)(C)C)O[Si](O[Si](C)(C)C)(c4ccccc4)c4ccccc4)c(C)c3)c3ccccc3-c3ccccc32)ccc1OC(=O)Oc1ccccc1CCC[Si](C)(O[Si](C)(C)O[Si](C)(C)C)O[Si](C)(c1ccccc1)c1ccccc1. The number of para-hydroxylation sites is 2. The minimum atomic E-state index is -3.32. The van der Waals surface area contributed by atoms with Gasteiger partial charge in [0, 0.05) is 0 Å². The Labute approximate surface area is 631 Å². The van der Waals surface area contributed by atoms with Gasteiger partial charge in [0.25, 0.3) is 0 Å². The zero-order valence-corrected chi connectivity index (χ0v) is 71.9. The van der Waals surface area contributed by atoms with Crippen LogP contribution in [0.4, 0.5) is 9.59 Å². The number of carbonyl (C=O) groups is 2. The average molecular weight is 1540 g/mol. The van der Waals surface area contributed by atoms with E-state index in [9.17, 15) is 9.59 Å². The average Bonchev–Trinajstić information content (AvgIpc) is 1.54. The highest BCUT2D eigenvalue weighted by Crippen LogP contribution is 2.57. The lowest BCUT2D eigenvalue weighted by Gasteiger charge is -2.44. The third kappa shape index (κ3) is 19.0. The predicted octanol–water partition coefficient (Wildman–Crippen LogP) is 19.8. The van der Waals surface area contributed by atoms with Crippen molar-refractivity contribution in [3.05, 3.63) is 299 Å². The Morgan fingerprint density at radius 2 is 0.667 bits per heavy atom. The monoisotopic (exact) mass is 1540 g/mol. The van der Waals surface area contributed by atoms with Gasteiger partial charge in [-0.25, -0.2) is 9.59 Å². The van der Waals surface area contributed by atoms with Gasteiger partial charge in [-0.1, -0.05) is 231 Å². The van der Waals surface area contributed by atoms with Crippen LogP contribution in [0.15, 0.2) is 255 Å². The van der Waals surface area contributed by atoms with E-state index in [-0.39, 0.29) is 0 Å². The van der Waals surface area contributed by atoms with Crippen LogP contribution in [-0.2, 0) is 42.9 Å². The van der Waals surface area contributed by atoms with Crippen LogP contribution in [0.2, 0.25) is 104 Å². The van der Waals surface area contributed by atoms with E-state index in [0.29, 0.717) is 60.8 Å². The molecule has 2 unspecified atom stereocenters. The lowest BCUT2D eigenvalue weighted by atomic mass is 9.67. The van der Waals surface area contributed by atoms with Gasteiger partial charge >= 0.3 is 46.6 Å². The molecule has 0 amide bonds. The van der Waals surface area contributed by atoms with Crippen molar-refractivity contribution in [1.29, 1.82) is 0 Å². The van der Waals surface area contributed by atoms with Gasteiger partial charge in [0.1, 0.15) is 23.0 Å². The standard InChI is InChI=1S/C85H102O12Si8/c1-65-63-69(57-59-79(65)88-83(86)90-81-55-35-29-39-67(81)41-37-61-102(14,93-99(6,7)8)97-105(94-100(9,10)11,73-47-25-19-26-48-73)74-49-27-20-28-50-74)85(77-53-33-31-51-75(77)76-52-32-34-54-78(76)85)70-58-60-80(66(2)64-70)89-84(87)91-82-56-36-30-40-68(82)42-38-62-103(15,95-101(12,13)92-98(3,4)5)96-104(16,71-43-21-17-22-44-71)72-45-23-18-24-46-72/h17-36,39-40,43-60,63-64H,37-38,41-42,61-62H2,1-16H3. The minimum Gasteiger partial charge on any atom is -0.437 e. The normalized spacial score (nSPS) is 14.3. The first-order valence-corrected chi connectivity index (χ1v) is 58.9. The molecule has 105 heavy (non-hydrogen) atoms. The van der Waals surface area contributed by atoms with Crippen molar-refractivity contribution in [3.63, 3.8) is 0 Å². The molecular weight excluding hydrogens is 1440 g/mol. The summed E-state index contributed by atoms with van der Waals surface area (Å²) in [5.74, 6) is 1.59. The Balaban J connectivity index is 0.803. The predicted molar refractivity (Wildman–Crippen MR) is 445 cm³/mol. The fraction of sp³-hybridized carbons (Fsp3) is 0.271.